The van der Waals surface area contributed by atoms with Gasteiger partial charge in [-0.05, 0) is 13.8 Å². The maximum Gasteiger partial charge on any atom is 0.300 e. The first kappa shape index (κ1) is 14.4. The second-order valence-electron chi connectivity index (χ2n) is 4.16. The van der Waals surface area contributed by atoms with E-state index in [0.29, 0.717) is 18.1 Å². The van der Waals surface area contributed by atoms with Crippen LogP contribution in [0.2, 0.25) is 0 Å². The Hall–Kier alpha value is -2.97. The van der Waals surface area contributed by atoms with Gasteiger partial charge in [-0.2, -0.15) is 0 Å². The molecule has 2 rings (SSSR count). The maximum absolute atomic E-state index is 12.1. The topological polar surface area (TPSA) is 123 Å². The lowest BCUT2D eigenvalue weighted by Crippen LogP contribution is -2.15. The van der Waals surface area contributed by atoms with Gasteiger partial charge in [0.1, 0.15) is 17.6 Å². The molecule has 110 valence electrons. The van der Waals surface area contributed by atoms with E-state index < -0.39 is 10.8 Å². The Labute approximate surface area is 119 Å². The van der Waals surface area contributed by atoms with Gasteiger partial charge in [-0.25, -0.2) is 4.98 Å². The van der Waals surface area contributed by atoms with Crippen LogP contribution in [0.15, 0.2) is 22.9 Å². The number of amides is 1. The Kier molecular flexibility index (Phi) is 4.12. The molecule has 1 amide bonds. The first-order chi connectivity index (χ1) is 10.0. The van der Waals surface area contributed by atoms with Gasteiger partial charge in [-0.15, -0.1) is 0 Å². The number of rotatable bonds is 5. The van der Waals surface area contributed by atoms with Gasteiger partial charge in [0.25, 0.3) is 11.6 Å². The van der Waals surface area contributed by atoms with Crippen molar-refractivity contribution in [2.75, 3.05) is 17.2 Å². The third-order valence-corrected chi connectivity index (χ3v) is 2.55. The van der Waals surface area contributed by atoms with Crippen molar-refractivity contribution in [3.63, 3.8) is 0 Å². The van der Waals surface area contributed by atoms with E-state index in [4.69, 9.17) is 4.52 Å². The Morgan fingerprint density at radius 3 is 2.81 bits per heavy atom. The van der Waals surface area contributed by atoms with Gasteiger partial charge in [0.15, 0.2) is 0 Å². The molecule has 0 radical (unpaired) electrons. The zero-order chi connectivity index (χ0) is 15.4. The number of hydrogen-bond donors (Lipinski definition) is 2. The predicted octanol–water partition coefficient (Wildman–Crippen LogP) is 1.97. The molecule has 21 heavy (non-hydrogen) atoms. The lowest BCUT2D eigenvalue weighted by molar-refractivity contribution is -0.385. The third kappa shape index (κ3) is 3.32. The van der Waals surface area contributed by atoms with Crippen LogP contribution in [0.3, 0.4) is 0 Å². The molecule has 0 aliphatic heterocycles. The standard InChI is InChI=1S/C12H13N5O4/c1-3-13-10-5-8(9(6-14-10)17(19)20)12(18)15-11-4-7(2)16-21-11/h4-6H,3H2,1-2H3,(H,13,14)(H,15,18). The summed E-state index contributed by atoms with van der Waals surface area (Å²) in [6.07, 6.45) is 1.04. The fourth-order valence-corrected chi connectivity index (χ4v) is 1.66. The smallest absolute Gasteiger partial charge is 0.300 e. The number of nitrogens with zero attached hydrogens (tertiary/aromatic N) is 3. The van der Waals surface area contributed by atoms with Gasteiger partial charge in [0.05, 0.1) is 10.6 Å². The number of aryl methyl sites for hydroxylation is 1. The predicted molar refractivity (Wildman–Crippen MR) is 74.2 cm³/mol. The minimum absolute atomic E-state index is 0.111. The molecule has 9 nitrogen and oxygen atoms in total. The summed E-state index contributed by atoms with van der Waals surface area (Å²) in [4.78, 5) is 26.3. The van der Waals surface area contributed by atoms with Gasteiger partial charge >= 0.3 is 0 Å². The van der Waals surface area contributed by atoms with Gasteiger partial charge in [0.2, 0.25) is 5.88 Å². The molecule has 9 heteroatoms. The fraction of sp³-hybridized carbons (Fsp3) is 0.250. The highest BCUT2D eigenvalue weighted by Gasteiger charge is 2.22. The summed E-state index contributed by atoms with van der Waals surface area (Å²) >= 11 is 0. The Balaban J connectivity index is 2.32. The Morgan fingerprint density at radius 2 is 2.24 bits per heavy atom. The van der Waals surface area contributed by atoms with Crippen molar-refractivity contribution in [3.05, 3.63) is 39.7 Å². The van der Waals surface area contributed by atoms with Crippen molar-refractivity contribution in [2.24, 2.45) is 0 Å². The fourth-order valence-electron chi connectivity index (χ4n) is 1.66. The minimum atomic E-state index is -0.667. The molecule has 2 N–H and O–H groups in total. The summed E-state index contributed by atoms with van der Waals surface area (Å²) in [6, 6.07) is 2.83. The number of nitro groups is 1. The summed E-state index contributed by atoms with van der Waals surface area (Å²) in [6.45, 7) is 4.12. The van der Waals surface area contributed by atoms with Crippen LogP contribution in [0.4, 0.5) is 17.4 Å². The van der Waals surface area contributed by atoms with Gasteiger partial charge in [0, 0.05) is 18.7 Å². The second kappa shape index (κ2) is 5.99. The van der Waals surface area contributed by atoms with Crippen LogP contribution < -0.4 is 10.6 Å². The van der Waals surface area contributed by atoms with Gasteiger partial charge in [-0.1, -0.05) is 5.16 Å². The number of nitrogens with one attached hydrogen (secondary N) is 2. The summed E-state index contributed by atoms with van der Waals surface area (Å²) < 4.78 is 4.85. The molecule has 0 atom stereocenters. The van der Waals surface area contributed by atoms with E-state index >= 15 is 0 Å². The van der Waals surface area contributed by atoms with Crippen molar-refractivity contribution in [1.29, 1.82) is 0 Å². The molecule has 0 aliphatic rings. The van der Waals surface area contributed by atoms with Crippen LogP contribution in [0.1, 0.15) is 23.0 Å². The van der Waals surface area contributed by atoms with E-state index in [1.54, 1.807) is 6.92 Å². The van der Waals surface area contributed by atoms with E-state index in [1.165, 1.54) is 12.1 Å². The van der Waals surface area contributed by atoms with E-state index in [-0.39, 0.29) is 17.1 Å². The number of pyridine rings is 1. The first-order valence-electron chi connectivity index (χ1n) is 6.14. The van der Waals surface area contributed by atoms with E-state index in [2.05, 4.69) is 20.8 Å². The van der Waals surface area contributed by atoms with Crippen molar-refractivity contribution < 1.29 is 14.2 Å². The molecular weight excluding hydrogens is 278 g/mol. The highest BCUT2D eigenvalue weighted by Crippen LogP contribution is 2.22. The van der Waals surface area contributed by atoms with Gasteiger partial charge < -0.3 is 9.84 Å². The van der Waals surface area contributed by atoms with Crippen LogP contribution in [0, 0.1) is 17.0 Å². The molecule has 0 saturated heterocycles. The molecule has 0 aromatic carbocycles. The van der Waals surface area contributed by atoms with Crippen molar-refractivity contribution in [1.82, 2.24) is 10.1 Å². The average molecular weight is 291 g/mol. The normalized spacial score (nSPS) is 10.2. The zero-order valence-corrected chi connectivity index (χ0v) is 11.4. The Bertz CT molecular complexity index is 682. The van der Waals surface area contributed by atoms with Crippen LogP contribution in [0.25, 0.3) is 0 Å². The summed E-state index contributed by atoms with van der Waals surface area (Å²) in [5, 5.41) is 19.9. The van der Waals surface area contributed by atoms with Crippen LogP contribution >= 0.6 is 0 Å². The monoisotopic (exact) mass is 291 g/mol. The highest BCUT2D eigenvalue weighted by molar-refractivity contribution is 6.06. The molecule has 2 aromatic heterocycles. The quantitative estimate of drug-likeness (QED) is 0.637. The van der Waals surface area contributed by atoms with Crippen LogP contribution in [-0.2, 0) is 0 Å². The zero-order valence-electron chi connectivity index (χ0n) is 11.4. The van der Waals surface area contributed by atoms with E-state index in [1.807, 2.05) is 6.92 Å². The first-order valence-corrected chi connectivity index (χ1v) is 6.14. The lowest BCUT2D eigenvalue weighted by atomic mass is 10.2. The van der Waals surface area contributed by atoms with Gasteiger partial charge in [-0.3, -0.25) is 20.2 Å². The lowest BCUT2D eigenvalue weighted by Gasteiger charge is -2.06. The summed E-state index contributed by atoms with van der Waals surface area (Å²) in [5.41, 5.74) is 0.0910. The molecule has 0 saturated carbocycles. The number of hydrogen-bond acceptors (Lipinski definition) is 7. The number of anilines is 2. The molecule has 0 aliphatic carbocycles. The molecule has 0 unspecified atom stereocenters. The number of carbonyl (C=O) groups is 1. The highest BCUT2D eigenvalue weighted by atomic mass is 16.6. The van der Waals surface area contributed by atoms with Crippen LogP contribution in [-0.4, -0.2) is 27.5 Å². The van der Waals surface area contributed by atoms with Crippen molar-refractivity contribution in [2.45, 2.75) is 13.8 Å². The third-order valence-electron chi connectivity index (χ3n) is 2.55. The number of carbonyl (C=O) groups excluding carboxylic acids is 1. The molecule has 2 heterocycles. The largest absolute Gasteiger partial charge is 0.370 e. The molecule has 2 aromatic rings. The molecule has 0 spiro atoms. The average Bonchev–Trinajstić information content (AvgIpc) is 2.84. The van der Waals surface area contributed by atoms with Crippen molar-refractivity contribution >= 4 is 23.3 Å². The SMILES string of the molecule is CCNc1cc(C(=O)Nc2cc(C)no2)c([N+](=O)[O-])cn1. The van der Waals surface area contributed by atoms with Crippen molar-refractivity contribution in [3.8, 4) is 0 Å². The summed E-state index contributed by atoms with van der Waals surface area (Å²) in [5.74, 6) is -0.171. The number of aromatic nitrogens is 2. The molecule has 0 bridgehead atoms. The minimum Gasteiger partial charge on any atom is -0.370 e. The summed E-state index contributed by atoms with van der Waals surface area (Å²) in [7, 11) is 0. The molecular formula is C12H13N5O4. The molecule has 0 fully saturated rings. The van der Waals surface area contributed by atoms with Crippen LogP contribution in [0.5, 0.6) is 0 Å². The second-order valence-corrected chi connectivity index (χ2v) is 4.16. The Morgan fingerprint density at radius 1 is 1.48 bits per heavy atom. The maximum atomic E-state index is 12.1. The van der Waals surface area contributed by atoms with E-state index in [9.17, 15) is 14.9 Å². The van der Waals surface area contributed by atoms with E-state index in [0.717, 1.165) is 6.20 Å².